The van der Waals surface area contributed by atoms with E-state index in [-0.39, 0.29) is 18.2 Å². The summed E-state index contributed by atoms with van der Waals surface area (Å²) in [5.74, 6) is -0.522. The normalized spacial score (nSPS) is 19.2. The number of nitrogens with zero attached hydrogens (tertiary/aromatic N) is 4. The molecule has 1 saturated carbocycles. The number of alkyl halides is 1. The zero-order chi connectivity index (χ0) is 25.2. The number of carbonyl (C=O) groups excluding carboxylic acids is 1. The first-order valence-electron chi connectivity index (χ1n) is 11.6. The first kappa shape index (κ1) is 24.6. The predicted octanol–water partition coefficient (Wildman–Crippen LogP) is 2.82. The number of aliphatic hydroxyl groups excluding tert-OH is 1. The van der Waals surface area contributed by atoms with Gasteiger partial charge in [-0.05, 0) is 63.8 Å². The summed E-state index contributed by atoms with van der Waals surface area (Å²) in [5, 5.41) is 39.3. The Morgan fingerprint density at radius 1 is 1.34 bits per heavy atom. The van der Waals surface area contributed by atoms with E-state index < -0.39 is 23.8 Å². The zero-order valence-corrected chi connectivity index (χ0v) is 19.7. The Bertz CT molecular complexity index is 1260. The quantitative estimate of drug-likeness (QED) is 0.408. The SMILES string of the molecule is CC(C)(O)[C@H](F)CNC(=O)c1cnc(-c2ccc3cc(C#N)cnn23)cc1NC1CCCC(O)C1. The molecule has 0 saturated heterocycles. The van der Waals surface area contributed by atoms with E-state index in [0.717, 1.165) is 24.8 Å². The van der Waals surface area contributed by atoms with Gasteiger partial charge in [0.05, 0.1) is 58.2 Å². The highest BCUT2D eigenvalue weighted by Gasteiger charge is 2.28. The molecule has 4 rings (SSSR count). The summed E-state index contributed by atoms with van der Waals surface area (Å²) in [7, 11) is 0. The van der Waals surface area contributed by atoms with Gasteiger partial charge in [0.2, 0.25) is 0 Å². The second-order valence-corrected chi connectivity index (χ2v) is 9.52. The van der Waals surface area contributed by atoms with Crippen molar-refractivity contribution in [3.8, 4) is 17.5 Å². The van der Waals surface area contributed by atoms with Gasteiger partial charge in [-0.15, -0.1) is 0 Å². The maximum atomic E-state index is 14.2. The molecule has 35 heavy (non-hydrogen) atoms. The van der Waals surface area contributed by atoms with E-state index in [1.807, 2.05) is 12.1 Å². The average Bonchev–Trinajstić information content (AvgIpc) is 3.25. The van der Waals surface area contributed by atoms with Gasteiger partial charge in [-0.25, -0.2) is 8.91 Å². The van der Waals surface area contributed by atoms with Crippen LogP contribution in [0.5, 0.6) is 0 Å². The van der Waals surface area contributed by atoms with Gasteiger partial charge in [-0.2, -0.15) is 10.4 Å². The van der Waals surface area contributed by atoms with E-state index in [1.54, 1.807) is 16.6 Å². The van der Waals surface area contributed by atoms with Crippen molar-refractivity contribution < 1.29 is 19.4 Å². The Labute approximate surface area is 202 Å². The van der Waals surface area contributed by atoms with Crippen molar-refractivity contribution in [3.05, 3.63) is 47.8 Å². The van der Waals surface area contributed by atoms with Crippen LogP contribution in [-0.2, 0) is 0 Å². The van der Waals surface area contributed by atoms with Crippen LogP contribution in [0.1, 0.15) is 55.5 Å². The fraction of sp³-hybridized carbons (Fsp3) is 0.440. The molecule has 1 aliphatic rings. The molecule has 1 aliphatic carbocycles. The van der Waals surface area contributed by atoms with Crippen LogP contribution in [0.25, 0.3) is 16.9 Å². The molecule has 10 heteroatoms. The fourth-order valence-corrected chi connectivity index (χ4v) is 4.19. The van der Waals surface area contributed by atoms with Gasteiger partial charge in [0, 0.05) is 12.2 Å². The number of aromatic nitrogens is 3. The molecule has 1 amide bonds. The molecule has 4 N–H and O–H groups in total. The maximum Gasteiger partial charge on any atom is 0.255 e. The number of nitrogens with one attached hydrogen (secondary N) is 2. The summed E-state index contributed by atoms with van der Waals surface area (Å²) in [6, 6.07) is 9.14. The molecule has 1 fully saturated rings. The number of amides is 1. The Balaban J connectivity index is 1.66. The van der Waals surface area contributed by atoms with Crippen molar-refractivity contribution in [2.75, 3.05) is 11.9 Å². The average molecular weight is 481 g/mol. The van der Waals surface area contributed by atoms with E-state index in [4.69, 9.17) is 5.26 Å². The third-order valence-corrected chi connectivity index (χ3v) is 6.26. The molecule has 9 nitrogen and oxygen atoms in total. The van der Waals surface area contributed by atoms with Gasteiger partial charge >= 0.3 is 0 Å². The Morgan fingerprint density at radius 3 is 2.86 bits per heavy atom. The molecule has 0 spiro atoms. The zero-order valence-electron chi connectivity index (χ0n) is 19.7. The van der Waals surface area contributed by atoms with Crippen LogP contribution < -0.4 is 10.6 Å². The van der Waals surface area contributed by atoms with Gasteiger partial charge in [0.15, 0.2) is 0 Å². The molecule has 0 bridgehead atoms. The number of aliphatic hydroxyl groups is 2. The molecule has 2 unspecified atom stereocenters. The van der Waals surface area contributed by atoms with Gasteiger partial charge in [0.1, 0.15) is 12.2 Å². The Hall–Kier alpha value is -3.55. The number of anilines is 1. The van der Waals surface area contributed by atoms with Crippen LogP contribution >= 0.6 is 0 Å². The smallest absolute Gasteiger partial charge is 0.255 e. The topological polar surface area (TPSA) is 136 Å². The number of fused-ring (bicyclic) bond motifs is 1. The first-order valence-corrected chi connectivity index (χ1v) is 11.6. The van der Waals surface area contributed by atoms with Crippen molar-refractivity contribution in [2.24, 2.45) is 0 Å². The summed E-state index contributed by atoms with van der Waals surface area (Å²) in [6.07, 6.45) is 3.84. The highest BCUT2D eigenvalue weighted by atomic mass is 19.1. The number of carbonyl (C=O) groups is 1. The van der Waals surface area contributed by atoms with Gasteiger partial charge in [0.25, 0.3) is 5.91 Å². The minimum Gasteiger partial charge on any atom is -0.393 e. The fourth-order valence-electron chi connectivity index (χ4n) is 4.19. The van der Waals surface area contributed by atoms with Crippen LogP contribution in [0.15, 0.2) is 36.7 Å². The number of nitriles is 1. The number of pyridine rings is 1. The van der Waals surface area contributed by atoms with Gasteiger partial charge in [-0.1, -0.05) is 0 Å². The summed E-state index contributed by atoms with van der Waals surface area (Å²) >= 11 is 0. The summed E-state index contributed by atoms with van der Waals surface area (Å²) in [6.45, 7) is 2.34. The molecule has 0 radical (unpaired) electrons. The maximum absolute atomic E-state index is 14.2. The molecule has 3 aromatic heterocycles. The van der Waals surface area contributed by atoms with E-state index in [1.165, 1.54) is 26.2 Å². The van der Waals surface area contributed by atoms with Crippen LogP contribution in [-0.4, -0.2) is 61.2 Å². The van der Waals surface area contributed by atoms with E-state index in [2.05, 4.69) is 26.8 Å². The largest absolute Gasteiger partial charge is 0.393 e. The highest BCUT2D eigenvalue weighted by Crippen LogP contribution is 2.28. The third kappa shape index (κ3) is 5.58. The summed E-state index contributed by atoms with van der Waals surface area (Å²) in [5.41, 5.74) is 1.56. The van der Waals surface area contributed by atoms with E-state index in [9.17, 15) is 19.4 Å². The Kier molecular flexibility index (Phi) is 7.00. The Morgan fingerprint density at radius 2 is 2.14 bits per heavy atom. The van der Waals surface area contributed by atoms with Crippen LogP contribution in [0.2, 0.25) is 0 Å². The molecular weight excluding hydrogens is 451 g/mol. The van der Waals surface area contributed by atoms with Crippen molar-refractivity contribution in [1.82, 2.24) is 19.9 Å². The van der Waals surface area contributed by atoms with Crippen molar-refractivity contribution >= 4 is 17.1 Å². The van der Waals surface area contributed by atoms with Crippen LogP contribution in [0.3, 0.4) is 0 Å². The molecule has 3 aromatic rings. The minimum atomic E-state index is -1.64. The summed E-state index contributed by atoms with van der Waals surface area (Å²) in [4.78, 5) is 17.4. The number of hydrogen-bond donors (Lipinski definition) is 4. The van der Waals surface area contributed by atoms with Crippen molar-refractivity contribution in [2.45, 2.75) is 63.4 Å². The molecule has 0 aromatic carbocycles. The van der Waals surface area contributed by atoms with E-state index in [0.29, 0.717) is 29.1 Å². The van der Waals surface area contributed by atoms with Crippen LogP contribution in [0, 0.1) is 11.3 Å². The highest BCUT2D eigenvalue weighted by molar-refractivity contribution is 6.00. The lowest BCUT2D eigenvalue weighted by Crippen LogP contribution is -2.42. The lowest BCUT2D eigenvalue weighted by molar-refractivity contribution is -0.00177. The van der Waals surface area contributed by atoms with Gasteiger partial charge < -0.3 is 20.8 Å². The lowest BCUT2D eigenvalue weighted by Gasteiger charge is -2.28. The summed E-state index contributed by atoms with van der Waals surface area (Å²) < 4.78 is 15.9. The van der Waals surface area contributed by atoms with Crippen LogP contribution in [0.4, 0.5) is 10.1 Å². The predicted molar refractivity (Wildman–Crippen MR) is 129 cm³/mol. The van der Waals surface area contributed by atoms with Crippen molar-refractivity contribution in [1.29, 1.82) is 5.26 Å². The first-order chi connectivity index (χ1) is 16.7. The molecule has 184 valence electrons. The van der Waals surface area contributed by atoms with E-state index >= 15 is 0 Å². The third-order valence-electron chi connectivity index (χ3n) is 6.26. The van der Waals surface area contributed by atoms with Gasteiger partial charge in [-0.3, -0.25) is 9.78 Å². The standard InChI is InChI=1S/C25H29FN6O3/c1-25(2,35)23(26)14-29-24(34)19-13-28-21(10-20(19)31-16-4-3-5-18(33)9-16)22-7-6-17-8-15(11-27)12-30-32(17)22/h6-8,10,12-13,16,18,23,33,35H,3-5,9,14H2,1-2H3,(H,28,31)(H,29,34)/t16?,18?,23-/m1/s1. The minimum absolute atomic E-state index is 0.0359. The lowest BCUT2D eigenvalue weighted by atomic mass is 9.92. The molecule has 3 heterocycles. The second kappa shape index (κ2) is 9.98. The monoisotopic (exact) mass is 480 g/mol. The molecule has 3 atom stereocenters. The second-order valence-electron chi connectivity index (χ2n) is 9.52. The number of hydrogen-bond acceptors (Lipinski definition) is 7. The van der Waals surface area contributed by atoms with Crippen molar-refractivity contribution in [3.63, 3.8) is 0 Å². The number of halogens is 1. The number of rotatable bonds is 7. The molecular formula is C25H29FN6O3. The molecule has 0 aliphatic heterocycles.